The van der Waals surface area contributed by atoms with Gasteiger partial charge in [0.05, 0.1) is 10.0 Å². The van der Waals surface area contributed by atoms with Crippen LogP contribution in [-0.4, -0.2) is 0 Å². The monoisotopic (exact) mass is 280 g/mol. The third kappa shape index (κ3) is 2.24. The molecule has 1 fully saturated rings. The molecule has 5 heteroatoms. The van der Waals surface area contributed by atoms with E-state index < -0.39 is 5.63 Å². The Hall–Kier alpha value is -0.180. The molecule has 1 aliphatic carbocycles. The SMILES string of the molecule is O=c1oc(C2CCCCC2)c(Cl)c(Cl)c1Cl. The normalized spacial score (nSPS) is 17.7. The highest BCUT2D eigenvalue weighted by Gasteiger charge is 2.24. The van der Waals surface area contributed by atoms with Crippen LogP contribution in [0.15, 0.2) is 9.21 Å². The lowest BCUT2D eigenvalue weighted by Gasteiger charge is -2.21. The van der Waals surface area contributed by atoms with Crippen LogP contribution in [0.2, 0.25) is 15.1 Å². The lowest BCUT2D eigenvalue weighted by Crippen LogP contribution is -2.10. The van der Waals surface area contributed by atoms with Crippen LogP contribution in [0.4, 0.5) is 0 Å². The van der Waals surface area contributed by atoms with E-state index in [1.165, 1.54) is 6.42 Å². The number of halogens is 3. The summed E-state index contributed by atoms with van der Waals surface area (Å²) in [6, 6.07) is 0. The van der Waals surface area contributed by atoms with Gasteiger partial charge in [0, 0.05) is 5.92 Å². The van der Waals surface area contributed by atoms with Crippen LogP contribution in [0.1, 0.15) is 43.8 Å². The Labute approximate surface area is 108 Å². The first-order valence-corrected chi connectivity index (χ1v) is 6.42. The van der Waals surface area contributed by atoms with E-state index in [4.69, 9.17) is 39.2 Å². The minimum absolute atomic E-state index is 0.111. The third-order valence-corrected chi connectivity index (χ3v) is 4.25. The molecule has 0 N–H and O–H groups in total. The molecule has 0 spiro atoms. The number of hydrogen-bond acceptors (Lipinski definition) is 2. The fourth-order valence-electron chi connectivity index (χ4n) is 2.11. The van der Waals surface area contributed by atoms with Gasteiger partial charge in [0.15, 0.2) is 0 Å². The predicted octanol–water partition coefficient (Wildman–Crippen LogP) is 4.65. The van der Waals surface area contributed by atoms with E-state index in [-0.39, 0.29) is 21.0 Å². The van der Waals surface area contributed by atoms with E-state index in [9.17, 15) is 4.79 Å². The van der Waals surface area contributed by atoms with Gasteiger partial charge < -0.3 is 4.42 Å². The second kappa shape index (κ2) is 4.99. The van der Waals surface area contributed by atoms with Crippen molar-refractivity contribution in [3.8, 4) is 0 Å². The first-order chi connectivity index (χ1) is 7.61. The van der Waals surface area contributed by atoms with Gasteiger partial charge in [-0.3, -0.25) is 0 Å². The zero-order valence-corrected chi connectivity index (χ0v) is 10.8. The van der Waals surface area contributed by atoms with Gasteiger partial charge in [-0.15, -0.1) is 0 Å². The molecular formula is C11H11Cl3O2. The van der Waals surface area contributed by atoms with Gasteiger partial charge in [-0.1, -0.05) is 54.1 Å². The average molecular weight is 282 g/mol. The zero-order valence-electron chi connectivity index (χ0n) is 8.56. The van der Waals surface area contributed by atoms with E-state index in [2.05, 4.69) is 0 Å². The van der Waals surface area contributed by atoms with Gasteiger partial charge in [-0.05, 0) is 12.8 Å². The summed E-state index contributed by atoms with van der Waals surface area (Å²) < 4.78 is 5.16. The maximum Gasteiger partial charge on any atom is 0.356 e. The Morgan fingerprint density at radius 1 is 0.938 bits per heavy atom. The van der Waals surface area contributed by atoms with Gasteiger partial charge in [0.1, 0.15) is 10.8 Å². The summed E-state index contributed by atoms with van der Waals surface area (Å²) in [6.07, 6.45) is 5.46. The van der Waals surface area contributed by atoms with Crippen molar-refractivity contribution >= 4 is 34.8 Å². The predicted molar refractivity (Wildman–Crippen MR) is 65.8 cm³/mol. The van der Waals surface area contributed by atoms with Crippen LogP contribution in [0.25, 0.3) is 0 Å². The smallest absolute Gasteiger partial charge is 0.356 e. The highest BCUT2D eigenvalue weighted by Crippen LogP contribution is 2.39. The van der Waals surface area contributed by atoms with Gasteiger partial charge in [0.25, 0.3) is 0 Å². The van der Waals surface area contributed by atoms with Crippen LogP contribution in [0, 0.1) is 0 Å². The van der Waals surface area contributed by atoms with Crippen molar-refractivity contribution in [3.05, 3.63) is 31.2 Å². The molecule has 0 unspecified atom stereocenters. The van der Waals surface area contributed by atoms with Gasteiger partial charge in [-0.25, -0.2) is 4.79 Å². The first kappa shape index (κ1) is 12.3. The second-order valence-corrected chi connectivity index (χ2v) is 5.16. The highest BCUT2D eigenvalue weighted by atomic mass is 35.5. The molecule has 0 radical (unpaired) electrons. The Morgan fingerprint density at radius 3 is 2.19 bits per heavy atom. The summed E-state index contributed by atoms with van der Waals surface area (Å²) in [7, 11) is 0. The van der Waals surface area contributed by atoms with Gasteiger partial charge in [-0.2, -0.15) is 0 Å². The van der Waals surface area contributed by atoms with Crippen molar-refractivity contribution in [3.63, 3.8) is 0 Å². The zero-order chi connectivity index (χ0) is 11.7. The van der Waals surface area contributed by atoms with E-state index in [1.54, 1.807) is 0 Å². The summed E-state index contributed by atoms with van der Waals surface area (Å²) in [6.45, 7) is 0. The minimum Gasteiger partial charge on any atom is -0.425 e. The van der Waals surface area contributed by atoms with Gasteiger partial charge in [0.2, 0.25) is 0 Å². The molecule has 0 aromatic carbocycles. The van der Waals surface area contributed by atoms with Crippen molar-refractivity contribution < 1.29 is 4.42 Å². The lowest BCUT2D eigenvalue weighted by molar-refractivity contribution is 0.356. The molecule has 1 heterocycles. The largest absolute Gasteiger partial charge is 0.425 e. The fraction of sp³-hybridized carbons (Fsp3) is 0.545. The van der Waals surface area contributed by atoms with E-state index in [1.807, 2.05) is 0 Å². The van der Waals surface area contributed by atoms with Crippen LogP contribution in [0.3, 0.4) is 0 Å². The van der Waals surface area contributed by atoms with Crippen LogP contribution in [0.5, 0.6) is 0 Å². The first-order valence-electron chi connectivity index (χ1n) is 5.28. The summed E-state index contributed by atoms with van der Waals surface area (Å²) in [4.78, 5) is 11.4. The second-order valence-electron chi connectivity index (χ2n) is 4.03. The van der Waals surface area contributed by atoms with E-state index >= 15 is 0 Å². The Balaban J connectivity index is 2.44. The summed E-state index contributed by atoms with van der Waals surface area (Å²) in [5, 5.41) is 0.268. The van der Waals surface area contributed by atoms with E-state index in [0.29, 0.717) is 5.76 Å². The molecule has 88 valence electrons. The molecule has 1 aromatic rings. The van der Waals surface area contributed by atoms with Crippen molar-refractivity contribution in [2.45, 2.75) is 38.0 Å². The summed E-state index contributed by atoms with van der Waals surface area (Å²) >= 11 is 17.6. The van der Waals surface area contributed by atoms with Crippen LogP contribution < -0.4 is 5.63 Å². The van der Waals surface area contributed by atoms with Crippen LogP contribution in [-0.2, 0) is 0 Å². The Kier molecular flexibility index (Phi) is 3.83. The fourth-order valence-corrected chi connectivity index (χ4v) is 2.75. The molecule has 2 rings (SSSR count). The third-order valence-electron chi connectivity index (χ3n) is 2.96. The molecule has 0 amide bonds. The Morgan fingerprint density at radius 2 is 1.56 bits per heavy atom. The molecule has 1 aromatic heterocycles. The van der Waals surface area contributed by atoms with Crippen molar-refractivity contribution in [1.29, 1.82) is 0 Å². The molecule has 0 atom stereocenters. The topological polar surface area (TPSA) is 30.2 Å². The van der Waals surface area contributed by atoms with E-state index in [0.717, 1.165) is 25.7 Å². The molecule has 1 saturated carbocycles. The Bertz CT molecular complexity index is 447. The molecule has 16 heavy (non-hydrogen) atoms. The molecule has 2 nitrogen and oxygen atoms in total. The maximum absolute atomic E-state index is 11.4. The van der Waals surface area contributed by atoms with Gasteiger partial charge >= 0.3 is 5.63 Å². The standard InChI is InChI=1S/C11H11Cl3O2/c12-7-8(13)10(16-11(15)9(7)14)6-4-2-1-3-5-6/h6H,1-5H2. The number of hydrogen-bond donors (Lipinski definition) is 0. The molecule has 0 aliphatic heterocycles. The lowest BCUT2D eigenvalue weighted by atomic mass is 9.87. The number of rotatable bonds is 1. The molecular weight excluding hydrogens is 270 g/mol. The average Bonchev–Trinajstić information content (AvgIpc) is 2.32. The van der Waals surface area contributed by atoms with Crippen molar-refractivity contribution in [2.75, 3.05) is 0 Å². The quantitative estimate of drug-likeness (QED) is 0.750. The van der Waals surface area contributed by atoms with Crippen molar-refractivity contribution in [2.24, 2.45) is 0 Å². The summed E-state index contributed by atoms with van der Waals surface area (Å²) in [5.74, 6) is 0.699. The minimum atomic E-state index is -0.600. The van der Waals surface area contributed by atoms with Crippen LogP contribution >= 0.6 is 34.8 Å². The molecule has 0 bridgehead atoms. The molecule has 0 saturated heterocycles. The highest BCUT2D eigenvalue weighted by molar-refractivity contribution is 6.48. The molecule has 1 aliphatic rings. The maximum atomic E-state index is 11.4. The summed E-state index contributed by atoms with van der Waals surface area (Å²) in [5.41, 5.74) is -0.600. The van der Waals surface area contributed by atoms with Crippen molar-refractivity contribution in [1.82, 2.24) is 0 Å².